The van der Waals surface area contributed by atoms with Crippen LogP contribution in [0, 0.1) is 13.8 Å². The third kappa shape index (κ3) is 3.23. The Bertz CT molecular complexity index is 617. The van der Waals surface area contributed by atoms with Crippen molar-refractivity contribution in [2.45, 2.75) is 45.7 Å². The maximum atomic E-state index is 11.9. The van der Waals surface area contributed by atoms with Gasteiger partial charge in [0.1, 0.15) is 6.54 Å². The normalized spacial score (nSPS) is 14.1. The molecule has 1 fully saturated rings. The summed E-state index contributed by atoms with van der Waals surface area (Å²) in [5.41, 5.74) is 0.834. The van der Waals surface area contributed by atoms with Crippen molar-refractivity contribution in [1.29, 1.82) is 0 Å². The summed E-state index contributed by atoms with van der Waals surface area (Å²) < 4.78 is 1.23. The highest BCUT2D eigenvalue weighted by atomic mass is 16.4. The Hall–Kier alpha value is -2.18. The minimum atomic E-state index is -0.995. The topological polar surface area (TPSA) is 101 Å². The van der Waals surface area contributed by atoms with Gasteiger partial charge in [0.25, 0.3) is 0 Å². The number of carboxylic acids is 1. The lowest BCUT2D eigenvalue weighted by atomic mass is 10.1. The Morgan fingerprint density at radius 2 is 2.05 bits per heavy atom. The second-order valence-electron chi connectivity index (χ2n) is 5.04. The number of amides is 1. The first-order chi connectivity index (χ1) is 9.38. The minimum Gasteiger partial charge on any atom is -0.481 e. The van der Waals surface area contributed by atoms with Crippen molar-refractivity contribution < 1.29 is 14.7 Å². The highest BCUT2D eigenvalue weighted by Gasteiger charge is 2.24. The number of rotatable bonds is 5. The molecule has 108 valence electrons. The van der Waals surface area contributed by atoms with E-state index < -0.39 is 11.7 Å². The van der Waals surface area contributed by atoms with Crippen LogP contribution in [0.25, 0.3) is 0 Å². The molecule has 7 nitrogen and oxygen atoms in total. The zero-order valence-corrected chi connectivity index (χ0v) is 11.5. The van der Waals surface area contributed by atoms with Crippen molar-refractivity contribution >= 4 is 11.9 Å². The van der Waals surface area contributed by atoms with E-state index in [1.54, 1.807) is 13.8 Å². The van der Waals surface area contributed by atoms with E-state index in [0.29, 0.717) is 17.0 Å². The van der Waals surface area contributed by atoms with E-state index in [2.05, 4.69) is 10.3 Å². The second-order valence-corrected chi connectivity index (χ2v) is 5.04. The number of carbonyl (C=O) groups is 2. The second kappa shape index (κ2) is 5.44. The van der Waals surface area contributed by atoms with Crippen LogP contribution in [0.3, 0.4) is 0 Å². The summed E-state index contributed by atoms with van der Waals surface area (Å²) in [4.78, 5) is 38.3. The molecule has 1 aliphatic rings. The maximum Gasteiger partial charge on any atom is 0.348 e. The van der Waals surface area contributed by atoms with Crippen LogP contribution in [0.4, 0.5) is 0 Å². The minimum absolute atomic E-state index is 0.124. The summed E-state index contributed by atoms with van der Waals surface area (Å²) in [5, 5.41) is 11.7. The number of aromatic nitrogens is 2. The molecule has 20 heavy (non-hydrogen) atoms. The number of hydrogen-bond acceptors (Lipinski definition) is 4. The summed E-state index contributed by atoms with van der Waals surface area (Å²) in [6, 6.07) is 0.218. The molecule has 1 amide bonds. The van der Waals surface area contributed by atoms with E-state index in [1.807, 2.05) is 0 Å². The van der Waals surface area contributed by atoms with Crippen molar-refractivity contribution in [3.8, 4) is 0 Å². The number of aryl methyl sites for hydroxylation is 1. The Labute approximate surface area is 115 Å². The molecule has 2 N–H and O–H groups in total. The summed E-state index contributed by atoms with van der Waals surface area (Å²) in [7, 11) is 0. The largest absolute Gasteiger partial charge is 0.481 e. The number of carboxylic acid groups (broad SMARTS) is 1. The molecule has 0 aromatic carbocycles. The van der Waals surface area contributed by atoms with Crippen LogP contribution >= 0.6 is 0 Å². The van der Waals surface area contributed by atoms with Crippen LogP contribution in [-0.4, -0.2) is 32.6 Å². The zero-order valence-electron chi connectivity index (χ0n) is 11.5. The lowest BCUT2D eigenvalue weighted by Crippen LogP contribution is -2.36. The van der Waals surface area contributed by atoms with Crippen LogP contribution in [-0.2, 0) is 22.6 Å². The van der Waals surface area contributed by atoms with Crippen molar-refractivity contribution in [1.82, 2.24) is 14.9 Å². The molecule has 0 aliphatic heterocycles. The van der Waals surface area contributed by atoms with E-state index >= 15 is 0 Å². The summed E-state index contributed by atoms with van der Waals surface area (Å²) >= 11 is 0. The van der Waals surface area contributed by atoms with Gasteiger partial charge in [0.15, 0.2) is 0 Å². The number of carbonyl (C=O) groups excluding carboxylic acids is 1. The molecular formula is C13H17N3O4. The van der Waals surface area contributed by atoms with Crippen molar-refractivity contribution in [3.05, 3.63) is 27.4 Å². The van der Waals surface area contributed by atoms with Gasteiger partial charge in [0.2, 0.25) is 5.91 Å². The standard InChI is InChI=1S/C13H17N3O4/c1-7-10(5-12(18)19)8(2)16(13(20)14-7)6-11(17)15-9-3-4-9/h9H,3-6H2,1-2H3,(H,15,17)(H,18,19). The van der Waals surface area contributed by atoms with Crippen LogP contribution in [0.15, 0.2) is 4.79 Å². The predicted molar refractivity (Wildman–Crippen MR) is 70.5 cm³/mol. The van der Waals surface area contributed by atoms with E-state index in [9.17, 15) is 14.4 Å². The molecule has 1 heterocycles. The molecule has 0 unspecified atom stereocenters. The molecular weight excluding hydrogens is 262 g/mol. The third-order valence-corrected chi connectivity index (χ3v) is 3.34. The molecule has 0 atom stereocenters. The SMILES string of the molecule is Cc1nc(=O)n(CC(=O)NC2CC2)c(C)c1CC(=O)O. The summed E-state index contributed by atoms with van der Waals surface area (Å²) in [6.07, 6.45) is 1.72. The Morgan fingerprint density at radius 3 is 2.60 bits per heavy atom. The molecule has 0 saturated heterocycles. The first kappa shape index (κ1) is 14.2. The highest BCUT2D eigenvalue weighted by Crippen LogP contribution is 2.18. The van der Waals surface area contributed by atoms with Gasteiger partial charge in [-0.3, -0.25) is 14.2 Å². The smallest absolute Gasteiger partial charge is 0.348 e. The lowest BCUT2D eigenvalue weighted by Gasteiger charge is -2.14. The Balaban J connectivity index is 2.28. The fourth-order valence-corrected chi connectivity index (χ4v) is 2.08. The summed E-state index contributed by atoms with van der Waals surface area (Å²) in [5.74, 6) is -1.24. The Morgan fingerprint density at radius 1 is 1.40 bits per heavy atom. The average molecular weight is 279 g/mol. The summed E-state index contributed by atoms with van der Waals surface area (Å²) in [6.45, 7) is 3.11. The average Bonchev–Trinajstić information content (AvgIpc) is 3.13. The predicted octanol–water partition coefficient (Wildman–Crippen LogP) is -0.234. The molecule has 1 aromatic rings. The fraction of sp³-hybridized carbons (Fsp3) is 0.538. The van der Waals surface area contributed by atoms with Gasteiger partial charge in [0.05, 0.1) is 6.42 Å². The molecule has 1 aliphatic carbocycles. The van der Waals surface area contributed by atoms with Crippen LogP contribution in [0.5, 0.6) is 0 Å². The molecule has 7 heteroatoms. The molecule has 1 saturated carbocycles. The van der Waals surface area contributed by atoms with Crippen molar-refractivity contribution in [2.24, 2.45) is 0 Å². The number of nitrogens with one attached hydrogen (secondary N) is 1. The Kier molecular flexibility index (Phi) is 3.87. The van der Waals surface area contributed by atoms with E-state index in [0.717, 1.165) is 12.8 Å². The first-order valence-electron chi connectivity index (χ1n) is 6.46. The van der Waals surface area contributed by atoms with Gasteiger partial charge in [-0.15, -0.1) is 0 Å². The van der Waals surface area contributed by atoms with Gasteiger partial charge in [-0.05, 0) is 26.7 Å². The monoisotopic (exact) mass is 279 g/mol. The lowest BCUT2D eigenvalue weighted by molar-refractivity contribution is -0.136. The van der Waals surface area contributed by atoms with Gasteiger partial charge in [-0.1, -0.05) is 0 Å². The maximum absolute atomic E-state index is 11.9. The number of hydrogen-bond donors (Lipinski definition) is 2. The van der Waals surface area contributed by atoms with Gasteiger partial charge < -0.3 is 10.4 Å². The molecule has 0 spiro atoms. The number of nitrogens with zero attached hydrogens (tertiary/aromatic N) is 2. The van der Waals surface area contributed by atoms with E-state index in [-0.39, 0.29) is 24.9 Å². The van der Waals surface area contributed by atoms with Gasteiger partial charge in [-0.25, -0.2) is 4.79 Å². The highest BCUT2D eigenvalue weighted by molar-refractivity contribution is 5.76. The molecule has 0 radical (unpaired) electrons. The zero-order chi connectivity index (χ0) is 14.9. The third-order valence-electron chi connectivity index (χ3n) is 3.34. The van der Waals surface area contributed by atoms with Gasteiger partial charge >= 0.3 is 11.7 Å². The van der Waals surface area contributed by atoms with Crippen molar-refractivity contribution in [3.63, 3.8) is 0 Å². The first-order valence-corrected chi connectivity index (χ1v) is 6.46. The van der Waals surface area contributed by atoms with Gasteiger partial charge in [-0.2, -0.15) is 4.98 Å². The molecule has 1 aromatic heterocycles. The van der Waals surface area contributed by atoms with Crippen LogP contribution < -0.4 is 11.0 Å². The van der Waals surface area contributed by atoms with Crippen LogP contribution in [0.1, 0.15) is 29.8 Å². The van der Waals surface area contributed by atoms with Gasteiger partial charge in [0, 0.05) is 23.0 Å². The quantitative estimate of drug-likeness (QED) is 0.775. The van der Waals surface area contributed by atoms with E-state index in [4.69, 9.17) is 5.11 Å². The molecule has 0 bridgehead atoms. The van der Waals surface area contributed by atoms with Crippen LogP contribution in [0.2, 0.25) is 0 Å². The number of aliphatic carboxylic acids is 1. The van der Waals surface area contributed by atoms with E-state index in [1.165, 1.54) is 4.57 Å². The molecule has 2 rings (SSSR count). The van der Waals surface area contributed by atoms with Crippen molar-refractivity contribution in [2.75, 3.05) is 0 Å². The fourth-order valence-electron chi connectivity index (χ4n) is 2.08.